The summed E-state index contributed by atoms with van der Waals surface area (Å²) in [6.07, 6.45) is 0.948. The molecule has 4 nitrogen and oxygen atoms in total. The molecule has 0 saturated carbocycles. The second kappa shape index (κ2) is 5.35. The molecule has 1 aliphatic rings. The highest BCUT2D eigenvalue weighted by Crippen LogP contribution is 2.01. The number of nitrogens with one attached hydrogen (secondary N) is 2. The molecule has 1 saturated heterocycles. The molecule has 1 rings (SSSR count). The van der Waals surface area contributed by atoms with E-state index >= 15 is 0 Å². The van der Waals surface area contributed by atoms with E-state index in [1.54, 1.807) is 0 Å². The van der Waals surface area contributed by atoms with Crippen molar-refractivity contribution in [2.75, 3.05) is 13.1 Å². The lowest BCUT2D eigenvalue weighted by Crippen LogP contribution is -2.55. The molecule has 1 amide bonds. The van der Waals surface area contributed by atoms with Crippen molar-refractivity contribution in [1.82, 2.24) is 10.6 Å². The Morgan fingerprint density at radius 3 is 2.75 bits per heavy atom. The quantitative estimate of drug-likeness (QED) is 0.552. The Labute approximate surface area is 78.7 Å². The van der Waals surface area contributed by atoms with Gasteiger partial charge in [0.25, 0.3) is 0 Å². The van der Waals surface area contributed by atoms with Crippen molar-refractivity contribution in [3.05, 3.63) is 0 Å². The number of carbonyl (C=O) groups excluding carboxylic acids is 1. The Balaban J connectivity index is 0.00000121. The van der Waals surface area contributed by atoms with Crippen molar-refractivity contribution in [1.29, 1.82) is 0 Å². The second-order valence-electron chi connectivity index (χ2n) is 2.94. The summed E-state index contributed by atoms with van der Waals surface area (Å²) in [5.41, 5.74) is 5.34. The van der Waals surface area contributed by atoms with E-state index < -0.39 is 0 Å². The fraction of sp³-hybridized carbons (Fsp3) is 0.857. The van der Waals surface area contributed by atoms with Gasteiger partial charge in [0, 0.05) is 12.6 Å². The van der Waals surface area contributed by atoms with Gasteiger partial charge in [0.1, 0.15) is 0 Å². The summed E-state index contributed by atoms with van der Waals surface area (Å²) in [6.45, 7) is 3.35. The van der Waals surface area contributed by atoms with Crippen LogP contribution in [0.3, 0.4) is 0 Å². The molecule has 0 aromatic heterocycles. The Morgan fingerprint density at radius 1 is 1.83 bits per heavy atom. The molecule has 1 fully saturated rings. The summed E-state index contributed by atoms with van der Waals surface area (Å²) in [7, 11) is 0. The predicted molar refractivity (Wildman–Crippen MR) is 50.3 cm³/mol. The first-order chi connectivity index (χ1) is 5.24. The summed E-state index contributed by atoms with van der Waals surface area (Å²) in [5, 5.41) is 5.83. The van der Waals surface area contributed by atoms with Crippen LogP contribution in [0, 0.1) is 0 Å². The van der Waals surface area contributed by atoms with Crippen LogP contribution < -0.4 is 16.4 Å². The first kappa shape index (κ1) is 11.7. The van der Waals surface area contributed by atoms with Crippen LogP contribution in [0.5, 0.6) is 0 Å². The van der Waals surface area contributed by atoms with E-state index in [1.165, 1.54) is 0 Å². The largest absolute Gasteiger partial charge is 0.351 e. The van der Waals surface area contributed by atoms with Gasteiger partial charge in [0.15, 0.2) is 0 Å². The molecule has 2 atom stereocenters. The van der Waals surface area contributed by atoms with Crippen molar-refractivity contribution in [2.45, 2.75) is 25.4 Å². The maximum Gasteiger partial charge on any atom is 0.237 e. The van der Waals surface area contributed by atoms with E-state index in [0.717, 1.165) is 13.0 Å². The van der Waals surface area contributed by atoms with Gasteiger partial charge < -0.3 is 16.4 Å². The molecule has 0 aromatic rings. The van der Waals surface area contributed by atoms with E-state index in [1.807, 2.05) is 6.92 Å². The lowest BCUT2D eigenvalue weighted by molar-refractivity contribution is -0.125. The standard InChI is InChI=1S/C7H15N3O.ClH/c1-5(4-8)10-7(11)6-2-3-9-6;/h5-6,9H,2-4,8H2,1H3,(H,10,11);1H/t5-,6+;/m0./s1. The van der Waals surface area contributed by atoms with Gasteiger partial charge in [0.2, 0.25) is 5.91 Å². The molecule has 1 heterocycles. The number of amides is 1. The minimum Gasteiger partial charge on any atom is -0.351 e. The SMILES string of the molecule is C[C@@H](CN)NC(=O)[C@H]1CCN1.Cl. The molecular formula is C7H16ClN3O. The molecule has 0 aliphatic carbocycles. The number of nitrogens with two attached hydrogens (primary N) is 1. The van der Waals surface area contributed by atoms with E-state index in [4.69, 9.17) is 5.73 Å². The highest BCUT2D eigenvalue weighted by atomic mass is 35.5. The van der Waals surface area contributed by atoms with Crippen LogP contribution in [0.1, 0.15) is 13.3 Å². The fourth-order valence-corrected chi connectivity index (χ4v) is 0.915. The van der Waals surface area contributed by atoms with Gasteiger partial charge in [-0.2, -0.15) is 0 Å². The normalized spacial score (nSPS) is 23.3. The van der Waals surface area contributed by atoms with Crippen molar-refractivity contribution in [2.24, 2.45) is 5.73 Å². The number of hydrogen-bond donors (Lipinski definition) is 3. The van der Waals surface area contributed by atoms with Gasteiger partial charge in [-0.25, -0.2) is 0 Å². The highest BCUT2D eigenvalue weighted by molar-refractivity contribution is 5.85. The van der Waals surface area contributed by atoms with Crippen molar-refractivity contribution in [3.8, 4) is 0 Å². The van der Waals surface area contributed by atoms with Gasteiger partial charge in [-0.1, -0.05) is 0 Å². The summed E-state index contributed by atoms with van der Waals surface area (Å²) in [4.78, 5) is 11.2. The van der Waals surface area contributed by atoms with E-state index in [2.05, 4.69) is 10.6 Å². The summed E-state index contributed by atoms with van der Waals surface area (Å²) in [6, 6.07) is 0.119. The van der Waals surface area contributed by atoms with Crippen molar-refractivity contribution in [3.63, 3.8) is 0 Å². The zero-order valence-corrected chi connectivity index (χ0v) is 7.99. The fourth-order valence-electron chi connectivity index (χ4n) is 0.915. The average Bonchev–Trinajstić information content (AvgIpc) is 1.83. The number of halogens is 1. The number of hydrogen-bond acceptors (Lipinski definition) is 3. The van der Waals surface area contributed by atoms with E-state index in [9.17, 15) is 4.79 Å². The van der Waals surface area contributed by atoms with Gasteiger partial charge in [0.05, 0.1) is 6.04 Å². The summed E-state index contributed by atoms with van der Waals surface area (Å²) in [5.74, 6) is 0.0780. The van der Waals surface area contributed by atoms with Crippen LogP contribution in [-0.4, -0.2) is 31.1 Å². The first-order valence-corrected chi connectivity index (χ1v) is 3.98. The molecular weight excluding hydrogens is 178 g/mol. The minimum atomic E-state index is 0. The van der Waals surface area contributed by atoms with Gasteiger partial charge in [-0.3, -0.25) is 4.79 Å². The molecule has 1 aliphatic heterocycles. The minimum absolute atomic E-state index is 0. The van der Waals surface area contributed by atoms with Crippen molar-refractivity contribution >= 4 is 18.3 Å². The number of rotatable bonds is 3. The van der Waals surface area contributed by atoms with E-state index in [0.29, 0.717) is 6.54 Å². The van der Waals surface area contributed by atoms with Gasteiger partial charge >= 0.3 is 0 Å². The zero-order valence-electron chi connectivity index (χ0n) is 7.17. The molecule has 0 bridgehead atoms. The Kier molecular flexibility index (Phi) is 5.20. The molecule has 12 heavy (non-hydrogen) atoms. The number of carbonyl (C=O) groups is 1. The highest BCUT2D eigenvalue weighted by Gasteiger charge is 2.24. The van der Waals surface area contributed by atoms with Crippen LogP contribution in [0.15, 0.2) is 0 Å². The lowest BCUT2D eigenvalue weighted by atomic mass is 10.1. The summed E-state index contributed by atoms with van der Waals surface area (Å²) < 4.78 is 0. The van der Waals surface area contributed by atoms with E-state index in [-0.39, 0.29) is 30.4 Å². The Bertz CT molecular complexity index is 150. The van der Waals surface area contributed by atoms with Crippen LogP contribution >= 0.6 is 12.4 Å². The smallest absolute Gasteiger partial charge is 0.237 e. The third-order valence-corrected chi connectivity index (χ3v) is 1.88. The van der Waals surface area contributed by atoms with Crippen LogP contribution in [0.25, 0.3) is 0 Å². The molecule has 4 N–H and O–H groups in total. The van der Waals surface area contributed by atoms with Crippen LogP contribution in [0.2, 0.25) is 0 Å². The average molecular weight is 194 g/mol. The Hall–Kier alpha value is -0.320. The van der Waals surface area contributed by atoms with Gasteiger partial charge in [-0.05, 0) is 19.9 Å². The van der Waals surface area contributed by atoms with Crippen LogP contribution in [0.4, 0.5) is 0 Å². The molecule has 0 spiro atoms. The van der Waals surface area contributed by atoms with Crippen molar-refractivity contribution < 1.29 is 4.79 Å². The molecule has 0 radical (unpaired) electrons. The molecule has 0 unspecified atom stereocenters. The predicted octanol–water partition coefficient (Wildman–Crippen LogP) is -0.766. The van der Waals surface area contributed by atoms with Gasteiger partial charge in [-0.15, -0.1) is 12.4 Å². The topological polar surface area (TPSA) is 67.1 Å². The summed E-state index contributed by atoms with van der Waals surface area (Å²) >= 11 is 0. The molecule has 0 aromatic carbocycles. The Morgan fingerprint density at radius 2 is 2.42 bits per heavy atom. The maximum absolute atomic E-state index is 11.2. The zero-order chi connectivity index (χ0) is 8.27. The maximum atomic E-state index is 11.2. The third-order valence-electron chi connectivity index (χ3n) is 1.88. The monoisotopic (exact) mass is 193 g/mol. The lowest BCUT2D eigenvalue weighted by Gasteiger charge is -2.27. The first-order valence-electron chi connectivity index (χ1n) is 3.98. The second-order valence-corrected chi connectivity index (χ2v) is 2.94. The van der Waals surface area contributed by atoms with Crippen LogP contribution in [-0.2, 0) is 4.79 Å². The third kappa shape index (κ3) is 2.97. The molecule has 72 valence electrons. The molecule has 5 heteroatoms.